The fourth-order valence-electron chi connectivity index (χ4n) is 2.82. The van der Waals surface area contributed by atoms with Crippen molar-refractivity contribution in [2.24, 2.45) is 0 Å². The molecule has 0 radical (unpaired) electrons. The zero-order chi connectivity index (χ0) is 23.6. The Bertz CT molecular complexity index is 1100. The number of anilines is 1. The van der Waals surface area contributed by atoms with Gasteiger partial charge in [-0.05, 0) is 67.6 Å². The summed E-state index contributed by atoms with van der Waals surface area (Å²) in [6, 6.07) is 20.5. The molecule has 170 valence electrons. The molecule has 3 N–H and O–H groups in total. The monoisotopic (exact) mass is 465 g/mol. The largest absolute Gasteiger partial charge is 0.484 e. The predicted molar refractivity (Wildman–Crippen MR) is 128 cm³/mol. The average molecular weight is 466 g/mol. The van der Waals surface area contributed by atoms with Gasteiger partial charge in [0.1, 0.15) is 5.75 Å². The first-order chi connectivity index (χ1) is 15.9. The maximum Gasteiger partial charge on any atom is 0.258 e. The molecule has 0 saturated heterocycles. The molecule has 7 nitrogen and oxygen atoms in total. The van der Waals surface area contributed by atoms with E-state index in [0.717, 1.165) is 5.56 Å². The normalized spacial score (nSPS) is 10.2. The van der Waals surface area contributed by atoms with Crippen LogP contribution in [0.25, 0.3) is 0 Å². The highest BCUT2D eigenvalue weighted by Crippen LogP contribution is 2.15. The van der Waals surface area contributed by atoms with E-state index >= 15 is 0 Å². The number of ether oxygens (including phenoxy) is 1. The Hall–Kier alpha value is -3.84. The van der Waals surface area contributed by atoms with Gasteiger partial charge in [-0.25, -0.2) is 0 Å². The minimum Gasteiger partial charge on any atom is -0.484 e. The van der Waals surface area contributed by atoms with Gasteiger partial charge in [-0.1, -0.05) is 29.3 Å². The molecule has 0 aliphatic carbocycles. The van der Waals surface area contributed by atoms with Crippen LogP contribution in [0.5, 0.6) is 5.75 Å². The van der Waals surface area contributed by atoms with Gasteiger partial charge in [0.15, 0.2) is 6.61 Å². The highest BCUT2D eigenvalue weighted by atomic mass is 35.5. The summed E-state index contributed by atoms with van der Waals surface area (Å²) in [5.41, 5.74) is 2.67. The smallest absolute Gasteiger partial charge is 0.258 e. The third kappa shape index (κ3) is 7.66. The Balaban J connectivity index is 1.37. The number of benzene rings is 3. The van der Waals surface area contributed by atoms with Crippen molar-refractivity contribution in [3.8, 4) is 5.75 Å². The molecule has 0 aliphatic heterocycles. The number of amides is 3. The van der Waals surface area contributed by atoms with Gasteiger partial charge >= 0.3 is 0 Å². The van der Waals surface area contributed by atoms with Crippen molar-refractivity contribution in [1.29, 1.82) is 0 Å². The van der Waals surface area contributed by atoms with Crippen LogP contribution in [0.15, 0.2) is 72.8 Å². The first-order valence-corrected chi connectivity index (χ1v) is 10.7. The summed E-state index contributed by atoms with van der Waals surface area (Å²) in [6.45, 7) is 2.35. The fraction of sp³-hybridized carbons (Fsp3) is 0.160. The van der Waals surface area contributed by atoms with Gasteiger partial charge in [-0.2, -0.15) is 0 Å². The molecule has 0 atom stereocenters. The summed E-state index contributed by atoms with van der Waals surface area (Å²) in [4.78, 5) is 36.4. The van der Waals surface area contributed by atoms with Crippen molar-refractivity contribution in [3.63, 3.8) is 0 Å². The summed E-state index contributed by atoms with van der Waals surface area (Å²) in [5.74, 6) is -0.254. The first kappa shape index (κ1) is 23.8. The number of nitrogens with one attached hydrogen (secondary N) is 3. The van der Waals surface area contributed by atoms with Crippen LogP contribution in [0.2, 0.25) is 5.02 Å². The molecule has 0 unspecified atom stereocenters. The van der Waals surface area contributed by atoms with Crippen LogP contribution in [-0.4, -0.2) is 37.4 Å². The second-order valence-corrected chi connectivity index (χ2v) is 7.68. The van der Waals surface area contributed by atoms with Crippen molar-refractivity contribution in [2.45, 2.75) is 6.92 Å². The van der Waals surface area contributed by atoms with Crippen LogP contribution in [0.1, 0.15) is 26.3 Å². The topological polar surface area (TPSA) is 96.5 Å². The SMILES string of the molecule is Cc1ccc(C(=O)Nc2ccc(C(=O)NCCNC(=O)COc3ccc(Cl)cc3)cc2)cc1. The van der Waals surface area contributed by atoms with Crippen LogP contribution in [-0.2, 0) is 4.79 Å². The Morgan fingerprint density at radius 2 is 1.33 bits per heavy atom. The second kappa shape index (κ2) is 11.7. The van der Waals surface area contributed by atoms with Gasteiger partial charge < -0.3 is 20.7 Å². The van der Waals surface area contributed by atoms with E-state index in [-0.39, 0.29) is 37.4 Å². The molecule has 0 aromatic heterocycles. The van der Waals surface area contributed by atoms with Crippen molar-refractivity contribution in [1.82, 2.24) is 10.6 Å². The molecule has 3 rings (SSSR count). The van der Waals surface area contributed by atoms with E-state index in [1.807, 2.05) is 19.1 Å². The van der Waals surface area contributed by atoms with Gasteiger partial charge in [-0.15, -0.1) is 0 Å². The molecule has 0 spiro atoms. The van der Waals surface area contributed by atoms with Crippen LogP contribution < -0.4 is 20.7 Å². The van der Waals surface area contributed by atoms with Crippen LogP contribution >= 0.6 is 11.6 Å². The molecule has 33 heavy (non-hydrogen) atoms. The molecule has 3 aromatic carbocycles. The Morgan fingerprint density at radius 1 is 0.758 bits per heavy atom. The quantitative estimate of drug-likeness (QED) is 0.418. The Morgan fingerprint density at radius 3 is 2.00 bits per heavy atom. The lowest BCUT2D eigenvalue weighted by Crippen LogP contribution is -2.36. The van der Waals surface area contributed by atoms with Crippen LogP contribution in [0.3, 0.4) is 0 Å². The second-order valence-electron chi connectivity index (χ2n) is 7.25. The predicted octanol–water partition coefficient (Wildman–Crippen LogP) is 3.83. The van der Waals surface area contributed by atoms with Gasteiger partial charge in [0.25, 0.3) is 17.7 Å². The number of aryl methyl sites for hydroxylation is 1. The number of carbonyl (C=O) groups excluding carboxylic acids is 3. The number of rotatable bonds is 9. The van der Waals surface area contributed by atoms with E-state index in [1.54, 1.807) is 60.7 Å². The summed E-state index contributed by atoms with van der Waals surface area (Å²) in [6.07, 6.45) is 0. The maximum absolute atomic E-state index is 12.3. The summed E-state index contributed by atoms with van der Waals surface area (Å²) in [5, 5.41) is 8.78. The lowest BCUT2D eigenvalue weighted by molar-refractivity contribution is -0.123. The van der Waals surface area contributed by atoms with Crippen molar-refractivity contribution in [2.75, 3.05) is 25.0 Å². The first-order valence-electron chi connectivity index (χ1n) is 10.3. The molecule has 8 heteroatoms. The highest BCUT2D eigenvalue weighted by molar-refractivity contribution is 6.30. The van der Waals surface area contributed by atoms with E-state index in [0.29, 0.717) is 27.6 Å². The van der Waals surface area contributed by atoms with Gasteiger partial charge in [0.2, 0.25) is 0 Å². The summed E-state index contributed by atoms with van der Waals surface area (Å²) >= 11 is 5.80. The molecule has 0 fully saturated rings. The van der Waals surface area contributed by atoms with Gasteiger partial charge in [0, 0.05) is 34.9 Å². The molecular formula is C25H24ClN3O4. The van der Waals surface area contributed by atoms with E-state index in [9.17, 15) is 14.4 Å². The van der Waals surface area contributed by atoms with Gasteiger partial charge in [-0.3, -0.25) is 14.4 Å². The minimum atomic E-state index is -0.298. The molecule has 0 aliphatic rings. The third-order valence-corrected chi connectivity index (χ3v) is 4.89. The maximum atomic E-state index is 12.3. The van der Waals surface area contributed by atoms with Crippen molar-refractivity contribution >= 4 is 35.0 Å². The van der Waals surface area contributed by atoms with E-state index in [1.165, 1.54) is 0 Å². The summed E-state index contributed by atoms with van der Waals surface area (Å²) < 4.78 is 5.35. The molecule has 0 bridgehead atoms. The molecule has 0 saturated carbocycles. The standard InChI is InChI=1S/C25H24ClN3O4/c1-17-2-4-19(5-3-17)25(32)29-21-10-6-18(7-11-21)24(31)28-15-14-27-23(30)16-33-22-12-8-20(26)9-13-22/h2-13H,14-16H2,1H3,(H,27,30)(H,28,31)(H,29,32). The van der Waals surface area contributed by atoms with E-state index in [4.69, 9.17) is 16.3 Å². The lowest BCUT2D eigenvalue weighted by Gasteiger charge is -2.09. The zero-order valence-corrected chi connectivity index (χ0v) is 18.8. The lowest BCUT2D eigenvalue weighted by atomic mass is 10.1. The molecular weight excluding hydrogens is 442 g/mol. The average Bonchev–Trinajstić information content (AvgIpc) is 2.82. The van der Waals surface area contributed by atoms with Crippen LogP contribution in [0, 0.1) is 6.92 Å². The Kier molecular flexibility index (Phi) is 8.43. The highest BCUT2D eigenvalue weighted by Gasteiger charge is 2.09. The van der Waals surface area contributed by atoms with E-state index < -0.39 is 0 Å². The summed E-state index contributed by atoms with van der Waals surface area (Å²) in [7, 11) is 0. The van der Waals surface area contributed by atoms with Gasteiger partial charge in [0.05, 0.1) is 0 Å². The number of hydrogen-bond acceptors (Lipinski definition) is 4. The molecule has 3 aromatic rings. The minimum absolute atomic E-state index is 0.134. The van der Waals surface area contributed by atoms with Crippen LogP contribution in [0.4, 0.5) is 5.69 Å². The molecule has 0 heterocycles. The van der Waals surface area contributed by atoms with Crippen molar-refractivity contribution in [3.05, 3.63) is 94.5 Å². The Labute approximate surface area is 197 Å². The number of hydrogen-bond donors (Lipinski definition) is 3. The molecule has 3 amide bonds. The zero-order valence-electron chi connectivity index (χ0n) is 18.1. The third-order valence-electron chi connectivity index (χ3n) is 4.64. The van der Waals surface area contributed by atoms with Crippen molar-refractivity contribution < 1.29 is 19.1 Å². The fourth-order valence-corrected chi connectivity index (χ4v) is 2.95. The number of halogens is 1. The number of carbonyl (C=O) groups is 3. The van der Waals surface area contributed by atoms with E-state index in [2.05, 4.69) is 16.0 Å².